The molecule has 0 fully saturated rings. The number of pyridine rings is 1. The van der Waals surface area contributed by atoms with Crippen LogP contribution in [-0.4, -0.2) is 26.9 Å². The van der Waals surface area contributed by atoms with Crippen LogP contribution < -0.4 is 5.32 Å². The highest BCUT2D eigenvalue weighted by molar-refractivity contribution is 6.01. The molecule has 0 spiro atoms. The first-order chi connectivity index (χ1) is 10.7. The number of carbonyl (C=O) groups excluding carboxylic acids is 2. The van der Waals surface area contributed by atoms with Gasteiger partial charge in [-0.05, 0) is 42.3 Å². The molecule has 0 aromatic carbocycles. The Kier molecular flexibility index (Phi) is 4.00. The van der Waals surface area contributed by atoms with Gasteiger partial charge in [-0.2, -0.15) is 0 Å². The Labute approximate surface area is 127 Å². The van der Waals surface area contributed by atoms with Gasteiger partial charge in [0, 0.05) is 18.3 Å². The first-order valence-corrected chi connectivity index (χ1v) is 6.98. The normalized spacial score (nSPS) is 13.8. The van der Waals surface area contributed by atoms with Gasteiger partial charge in [-0.1, -0.05) is 6.07 Å². The summed E-state index contributed by atoms with van der Waals surface area (Å²) in [6.07, 6.45) is 4.65. The van der Waals surface area contributed by atoms with Gasteiger partial charge in [-0.15, -0.1) is 10.2 Å². The number of amides is 1. The topological polar surface area (TPSA) is 84.8 Å². The van der Waals surface area contributed by atoms with E-state index in [-0.39, 0.29) is 18.1 Å². The minimum absolute atomic E-state index is 0.115. The standard InChI is InChI=1S/C16H14N4O2/c21-13-5-4-11(9-13)14-6-7-15(20-19-14)18-16(22)10-12-3-1-2-8-17-12/h1-3,6-9H,4-5,10H2,(H,18,20,22). The van der Waals surface area contributed by atoms with Crippen molar-refractivity contribution in [3.05, 3.63) is 54.0 Å². The van der Waals surface area contributed by atoms with Gasteiger partial charge in [0.2, 0.25) is 5.91 Å². The molecule has 0 unspecified atom stereocenters. The zero-order valence-electron chi connectivity index (χ0n) is 11.8. The number of hydrogen-bond donors (Lipinski definition) is 1. The van der Waals surface area contributed by atoms with Crippen molar-refractivity contribution in [3.8, 4) is 0 Å². The lowest BCUT2D eigenvalue weighted by Crippen LogP contribution is -2.16. The van der Waals surface area contributed by atoms with Crippen LogP contribution in [-0.2, 0) is 16.0 Å². The van der Waals surface area contributed by atoms with Crippen LogP contribution in [0.1, 0.15) is 24.2 Å². The SMILES string of the molecule is O=C1C=C(c2ccc(NC(=O)Cc3ccccn3)nn2)CC1. The van der Waals surface area contributed by atoms with E-state index in [1.54, 1.807) is 36.5 Å². The van der Waals surface area contributed by atoms with Crippen LogP contribution in [0, 0.1) is 0 Å². The molecule has 2 aromatic heterocycles. The average molecular weight is 294 g/mol. The van der Waals surface area contributed by atoms with Gasteiger partial charge >= 0.3 is 0 Å². The van der Waals surface area contributed by atoms with E-state index < -0.39 is 0 Å². The molecule has 0 atom stereocenters. The van der Waals surface area contributed by atoms with Gasteiger partial charge in [0.1, 0.15) is 0 Å². The second kappa shape index (κ2) is 6.26. The van der Waals surface area contributed by atoms with Crippen molar-refractivity contribution in [2.24, 2.45) is 0 Å². The molecular formula is C16H14N4O2. The third-order valence-electron chi connectivity index (χ3n) is 3.30. The molecule has 1 aliphatic carbocycles. The third-order valence-corrected chi connectivity index (χ3v) is 3.30. The highest BCUT2D eigenvalue weighted by Crippen LogP contribution is 2.24. The van der Waals surface area contributed by atoms with Crippen molar-refractivity contribution in [3.63, 3.8) is 0 Å². The van der Waals surface area contributed by atoms with Crippen molar-refractivity contribution in [2.75, 3.05) is 5.32 Å². The van der Waals surface area contributed by atoms with E-state index in [0.29, 0.717) is 30.0 Å². The number of aromatic nitrogens is 3. The lowest BCUT2D eigenvalue weighted by atomic mass is 10.1. The fourth-order valence-electron chi connectivity index (χ4n) is 2.22. The van der Waals surface area contributed by atoms with E-state index in [0.717, 1.165) is 5.57 Å². The molecule has 2 heterocycles. The van der Waals surface area contributed by atoms with E-state index >= 15 is 0 Å². The Morgan fingerprint density at radius 1 is 1.14 bits per heavy atom. The van der Waals surface area contributed by atoms with E-state index in [2.05, 4.69) is 20.5 Å². The van der Waals surface area contributed by atoms with Gasteiger partial charge in [0.15, 0.2) is 11.6 Å². The Hall–Kier alpha value is -2.89. The van der Waals surface area contributed by atoms with E-state index in [1.807, 2.05) is 6.07 Å². The fourth-order valence-corrected chi connectivity index (χ4v) is 2.22. The van der Waals surface area contributed by atoms with Gasteiger partial charge in [-0.3, -0.25) is 14.6 Å². The summed E-state index contributed by atoms with van der Waals surface area (Å²) in [6, 6.07) is 8.86. The van der Waals surface area contributed by atoms with Crippen LogP contribution in [0.15, 0.2) is 42.6 Å². The van der Waals surface area contributed by atoms with E-state index in [4.69, 9.17) is 0 Å². The Balaban J connectivity index is 1.62. The molecule has 1 amide bonds. The maximum Gasteiger partial charge on any atom is 0.231 e. The molecule has 0 saturated heterocycles. The van der Waals surface area contributed by atoms with Gasteiger partial charge in [0.25, 0.3) is 0 Å². The Morgan fingerprint density at radius 2 is 2.05 bits per heavy atom. The molecule has 1 N–H and O–H groups in total. The van der Waals surface area contributed by atoms with E-state index in [1.165, 1.54) is 0 Å². The molecule has 0 saturated carbocycles. The number of anilines is 1. The lowest BCUT2D eigenvalue weighted by molar-refractivity contribution is -0.116. The molecule has 6 nitrogen and oxygen atoms in total. The summed E-state index contributed by atoms with van der Waals surface area (Å²) in [7, 11) is 0. The molecule has 1 aliphatic rings. The molecular weight excluding hydrogens is 280 g/mol. The van der Waals surface area contributed by atoms with Crippen LogP contribution in [0.4, 0.5) is 5.82 Å². The fraction of sp³-hybridized carbons (Fsp3) is 0.188. The quantitative estimate of drug-likeness (QED) is 0.929. The van der Waals surface area contributed by atoms with Crippen molar-refractivity contribution >= 4 is 23.1 Å². The van der Waals surface area contributed by atoms with Gasteiger partial charge < -0.3 is 5.32 Å². The zero-order chi connectivity index (χ0) is 15.4. The van der Waals surface area contributed by atoms with Gasteiger partial charge in [0.05, 0.1) is 12.1 Å². The number of allylic oxidation sites excluding steroid dienone is 2. The minimum Gasteiger partial charge on any atom is -0.309 e. The van der Waals surface area contributed by atoms with Gasteiger partial charge in [-0.25, -0.2) is 0 Å². The zero-order valence-corrected chi connectivity index (χ0v) is 11.8. The highest BCUT2D eigenvalue weighted by Gasteiger charge is 2.15. The number of hydrogen-bond acceptors (Lipinski definition) is 5. The van der Waals surface area contributed by atoms with Crippen molar-refractivity contribution in [1.29, 1.82) is 0 Å². The minimum atomic E-state index is -0.198. The second-order valence-electron chi connectivity index (χ2n) is 4.99. The largest absolute Gasteiger partial charge is 0.309 e. The summed E-state index contributed by atoms with van der Waals surface area (Å²) >= 11 is 0. The summed E-state index contributed by atoms with van der Waals surface area (Å²) in [4.78, 5) is 27.2. The number of nitrogens with one attached hydrogen (secondary N) is 1. The molecule has 22 heavy (non-hydrogen) atoms. The third kappa shape index (κ3) is 3.41. The van der Waals surface area contributed by atoms with Crippen LogP contribution in [0.2, 0.25) is 0 Å². The molecule has 2 aromatic rings. The molecule has 0 bridgehead atoms. The summed E-state index contributed by atoms with van der Waals surface area (Å²) < 4.78 is 0. The molecule has 6 heteroatoms. The number of nitrogens with zero attached hydrogens (tertiary/aromatic N) is 3. The number of carbonyl (C=O) groups is 2. The maximum atomic E-state index is 11.9. The first kappa shape index (κ1) is 14.1. The molecule has 0 aliphatic heterocycles. The monoisotopic (exact) mass is 294 g/mol. The van der Waals surface area contributed by atoms with E-state index in [9.17, 15) is 9.59 Å². The van der Waals surface area contributed by atoms with Crippen molar-refractivity contribution < 1.29 is 9.59 Å². The second-order valence-corrected chi connectivity index (χ2v) is 4.99. The van der Waals surface area contributed by atoms with Crippen molar-refractivity contribution in [1.82, 2.24) is 15.2 Å². The average Bonchev–Trinajstić information content (AvgIpc) is 2.95. The highest BCUT2D eigenvalue weighted by atomic mass is 16.1. The Morgan fingerprint density at radius 3 is 2.68 bits per heavy atom. The summed E-state index contributed by atoms with van der Waals surface area (Å²) in [5, 5.41) is 10.7. The number of rotatable bonds is 4. The molecule has 3 rings (SSSR count). The maximum absolute atomic E-state index is 11.9. The predicted molar refractivity (Wildman–Crippen MR) is 80.8 cm³/mol. The summed E-state index contributed by atoms with van der Waals surface area (Å²) in [5.41, 5.74) is 2.26. The Bertz CT molecular complexity index is 724. The summed E-state index contributed by atoms with van der Waals surface area (Å²) in [6.45, 7) is 0. The van der Waals surface area contributed by atoms with Crippen LogP contribution in [0.5, 0.6) is 0 Å². The molecule has 0 radical (unpaired) electrons. The van der Waals surface area contributed by atoms with Crippen LogP contribution >= 0.6 is 0 Å². The van der Waals surface area contributed by atoms with Crippen LogP contribution in [0.3, 0.4) is 0 Å². The predicted octanol–water partition coefficient (Wildman–Crippen LogP) is 1.80. The van der Waals surface area contributed by atoms with Crippen LogP contribution in [0.25, 0.3) is 5.57 Å². The number of ketones is 1. The molecule has 110 valence electrons. The summed E-state index contributed by atoms with van der Waals surface area (Å²) in [5.74, 6) is 0.301. The lowest BCUT2D eigenvalue weighted by Gasteiger charge is -2.05. The smallest absolute Gasteiger partial charge is 0.231 e. The van der Waals surface area contributed by atoms with Crippen molar-refractivity contribution in [2.45, 2.75) is 19.3 Å². The first-order valence-electron chi connectivity index (χ1n) is 6.98.